The lowest BCUT2D eigenvalue weighted by Crippen LogP contribution is -2.03. The zero-order valence-corrected chi connectivity index (χ0v) is 10.3. The molecule has 0 atom stereocenters. The molecule has 0 aliphatic rings. The van der Waals surface area contributed by atoms with Crippen LogP contribution in [0.15, 0.2) is 30.3 Å². The molecule has 0 aliphatic carbocycles. The van der Waals surface area contributed by atoms with Gasteiger partial charge in [0.1, 0.15) is 5.56 Å². The van der Waals surface area contributed by atoms with E-state index in [0.717, 1.165) is 11.3 Å². The molecule has 2 N–H and O–H groups in total. The fraction of sp³-hybridized carbons (Fsp3) is 0.0833. The van der Waals surface area contributed by atoms with E-state index in [-0.39, 0.29) is 10.7 Å². The second-order valence-corrected chi connectivity index (χ2v) is 4.09. The van der Waals surface area contributed by atoms with E-state index in [4.69, 9.17) is 16.7 Å². The van der Waals surface area contributed by atoms with E-state index in [2.05, 4.69) is 15.5 Å². The van der Waals surface area contributed by atoms with Crippen LogP contribution in [0.3, 0.4) is 0 Å². The normalized spacial score (nSPS) is 10.1. The Kier molecular flexibility index (Phi) is 3.43. The molecule has 0 saturated carbocycles. The lowest BCUT2D eigenvalue weighted by atomic mass is 10.2. The molecule has 0 spiro atoms. The van der Waals surface area contributed by atoms with E-state index in [1.807, 2.05) is 31.2 Å². The van der Waals surface area contributed by atoms with Crippen molar-refractivity contribution in [1.82, 2.24) is 10.2 Å². The minimum Gasteiger partial charge on any atom is -0.478 e. The third-order valence-corrected chi connectivity index (χ3v) is 2.55. The Morgan fingerprint density at radius 2 is 2.11 bits per heavy atom. The standard InChI is InChI=1S/C12H10ClN3O2/c1-7-3-2-4-8(5-7)14-10-6-9(12(17)18)11(13)16-15-10/h2-6H,1H3,(H,14,15)(H,17,18). The Labute approximate surface area is 108 Å². The molecule has 2 aromatic rings. The number of carboxylic acid groups (broad SMARTS) is 1. The number of anilines is 2. The molecule has 0 radical (unpaired) electrons. The van der Waals surface area contributed by atoms with E-state index in [9.17, 15) is 4.79 Å². The van der Waals surface area contributed by atoms with Crippen molar-refractivity contribution in [2.45, 2.75) is 6.92 Å². The number of aromatic nitrogens is 2. The smallest absolute Gasteiger partial charge is 0.339 e. The number of halogens is 1. The molecule has 2 rings (SSSR count). The molecule has 0 bridgehead atoms. The third kappa shape index (κ3) is 2.75. The van der Waals surface area contributed by atoms with Crippen LogP contribution in [-0.2, 0) is 0 Å². The maximum Gasteiger partial charge on any atom is 0.339 e. The number of benzene rings is 1. The van der Waals surface area contributed by atoms with Crippen molar-refractivity contribution in [3.8, 4) is 0 Å². The summed E-state index contributed by atoms with van der Waals surface area (Å²) in [4.78, 5) is 10.9. The van der Waals surface area contributed by atoms with Gasteiger partial charge >= 0.3 is 5.97 Å². The van der Waals surface area contributed by atoms with Crippen molar-refractivity contribution in [3.05, 3.63) is 46.6 Å². The first-order valence-corrected chi connectivity index (χ1v) is 5.54. The summed E-state index contributed by atoms with van der Waals surface area (Å²) in [7, 11) is 0. The Hall–Kier alpha value is -2.14. The van der Waals surface area contributed by atoms with Gasteiger partial charge in [-0.15, -0.1) is 10.2 Å². The number of nitrogens with zero attached hydrogens (tertiary/aromatic N) is 2. The SMILES string of the molecule is Cc1cccc(Nc2cc(C(=O)O)c(Cl)nn2)c1. The third-order valence-electron chi connectivity index (χ3n) is 2.27. The van der Waals surface area contributed by atoms with Crippen molar-refractivity contribution in [3.63, 3.8) is 0 Å². The number of aromatic carboxylic acids is 1. The van der Waals surface area contributed by atoms with Crippen LogP contribution in [0.1, 0.15) is 15.9 Å². The topological polar surface area (TPSA) is 75.1 Å². The summed E-state index contributed by atoms with van der Waals surface area (Å²) < 4.78 is 0. The zero-order valence-electron chi connectivity index (χ0n) is 9.51. The van der Waals surface area contributed by atoms with Gasteiger partial charge in [-0.1, -0.05) is 23.7 Å². The van der Waals surface area contributed by atoms with Crippen LogP contribution in [0.4, 0.5) is 11.5 Å². The number of carbonyl (C=O) groups is 1. The lowest BCUT2D eigenvalue weighted by Gasteiger charge is -2.06. The van der Waals surface area contributed by atoms with Crippen LogP contribution in [-0.4, -0.2) is 21.3 Å². The molecule has 0 saturated heterocycles. The van der Waals surface area contributed by atoms with Gasteiger partial charge in [-0.2, -0.15) is 0 Å². The second-order valence-electron chi connectivity index (χ2n) is 3.73. The van der Waals surface area contributed by atoms with Crippen molar-refractivity contribution >= 4 is 29.1 Å². The number of hydrogen-bond donors (Lipinski definition) is 2. The summed E-state index contributed by atoms with van der Waals surface area (Å²) in [5.74, 6) is -0.801. The summed E-state index contributed by atoms with van der Waals surface area (Å²) >= 11 is 5.64. The molecule has 18 heavy (non-hydrogen) atoms. The van der Waals surface area contributed by atoms with E-state index < -0.39 is 5.97 Å². The van der Waals surface area contributed by atoms with Gasteiger partial charge in [0.2, 0.25) is 0 Å². The second kappa shape index (κ2) is 5.01. The van der Waals surface area contributed by atoms with Gasteiger partial charge in [0.25, 0.3) is 0 Å². The van der Waals surface area contributed by atoms with Gasteiger partial charge in [-0.25, -0.2) is 4.79 Å². The Balaban J connectivity index is 2.30. The van der Waals surface area contributed by atoms with Crippen LogP contribution >= 0.6 is 11.6 Å². The predicted octanol–water partition coefficient (Wildman–Crippen LogP) is 2.88. The molecule has 0 amide bonds. The first kappa shape index (κ1) is 12.3. The van der Waals surface area contributed by atoms with Gasteiger partial charge < -0.3 is 10.4 Å². The van der Waals surface area contributed by atoms with Crippen molar-refractivity contribution in [1.29, 1.82) is 0 Å². The number of carboxylic acids is 1. The van der Waals surface area contributed by atoms with Crippen molar-refractivity contribution in [2.24, 2.45) is 0 Å². The number of rotatable bonds is 3. The van der Waals surface area contributed by atoms with Gasteiger partial charge in [0, 0.05) is 11.8 Å². The first-order chi connectivity index (χ1) is 8.56. The largest absolute Gasteiger partial charge is 0.478 e. The fourth-order valence-electron chi connectivity index (χ4n) is 1.46. The molecule has 92 valence electrons. The molecular formula is C12H10ClN3O2. The quantitative estimate of drug-likeness (QED) is 0.891. The summed E-state index contributed by atoms with van der Waals surface area (Å²) in [6.07, 6.45) is 0. The van der Waals surface area contributed by atoms with Crippen molar-refractivity contribution in [2.75, 3.05) is 5.32 Å². The summed E-state index contributed by atoms with van der Waals surface area (Å²) in [6, 6.07) is 8.96. The zero-order chi connectivity index (χ0) is 13.1. The molecule has 1 aromatic carbocycles. The maximum atomic E-state index is 10.9. The molecule has 5 nitrogen and oxygen atoms in total. The Morgan fingerprint density at radius 1 is 1.33 bits per heavy atom. The Bertz CT molecular complexity index is 602. The molecule has 0 fully saturated rings. The van der Waals surface area contributed by atoms with E-state index in [0.29, 0.717) is 5.82 Å². The van der Waals surface area contributed by atoms with Gasteiger partial charge in [-0.3, -0.25) is 0 Å². The van der Waals surface area contributed by atoms with Gasteiger partial charge in [0.15, 0.2) is 11.0 Å². The van der Waals surface area contributed by atoms with Crippen LogP contribution in [0, 0.1) is 6.92 Å². The first-order valence-electron chi connectivity index (χ1n) is 5.16. The van der Waals surface area contributed by atoms with Gasteiger partial charge in [0.05, 0.1) is 0 Å². The molecule has 6 heteroatoms. The summed E-state index contributed by atoms with van der Waals surface area (Å²) in [5, 5.41) is 19.1. The maximum absolute atomic E-state index is 10.9. The fourth-order valence-corrected chi connectivity index (χ4v) is 1.63. The summed E-state index contributed by atoms with van der Waals surface area (Å²) in [5.41, 5.74) is 1.81. The average molecular weight is 264 g/mol. The molecule has 0 unspecified atom stereocenters. The molecule has 0 aliphatic heterocycles. The molecule has 1 heterocycles. The van der Waals surface area contributed by atoms with Crippen LogP contribution in [0.2, 0.25) is 5.15 Å². The molecular weight excluding hydrogens is 254 g/mol. The lowest BCUT2D eigenvalue weighted by molar-refractivity contribution is 0.0696. The van der Waals surface area contributed by atoms with Gasteiger partial charge in [-0.05, 0) is 24.6 Å². The van der Waals surface area contributed by atoms with E-state index in [1.54, 1.807) is 0 Å². The van der Waals surface area contributed by atoms with Crippen LogP contribution < -0.4 is 5.32 Å². The minimum atomic E-state index is -1.14. The number of hydrogen-bond acceptors (Lipinski definition) is 4. The highest BCUT2D eigenvalue weighted by Gasteiger charge is 2.12. The van der Waals surface area contributed by atoms with E-state index in [1.165, 1.54) is 6.07 Å². The molecule has 1 aromatic heterocycles. The number of aryl methyl sites for hydroxylation is 1. The minimum absolute atomic E-state index is 0.0816. The average Bonchev–Trinajstić information content (AvgIpc) is 2.31. The highest BCUT2D eigenvalue weighted by Crippen LogP contribution is 2.19. The highest BCUT2D eigenvalue weighted by molar-refractivity contribution is 6.32. The highest BCUT2D eigenvalue weighted by atomic mass is 35.5. The van der Waals surface area contributed by atoms with Crippen LogP contribution in [0.5, 0.6) is 0 Å². The monoisotopic (exact) mass is 263 g/mol. The Morgan fingerprint density at radius 3 is 2.78 bits per heavy atom. The van der Waals surface area contributed by atoms with E-state index >= 15 is 0 Å². The van der Waals surface area contributed by atoms with Crippen molar-refractivity contribution < 1.29 is 9.90 Å². The predicted molar refractivity (Wildman–Crippen MR) is 68.5 cm³/mol. The number of nitrogens with one attached hydrogen (secondary N) is 1. The van der Waals surface area contributed by atoms with Crippen LogP contribution in [0.25, 0.3) is 0 Å². The summed E-state index contributed by atoms with van der Waals surface area (Å²) in [6.45, 7) is 1.96.